The molecule has 0 bridgehead atoms. The van der Waals surface area contributed by atoms with Crippen LogP contribution in [0.1, 0.15) is 31.4 Å². The summed E-state index contributed by atoms with van der Waals surface area (Å²) in [5.74, 6) is -0.654. The van der Waals surface area contributed by atoms with E-state index in [9.17, 15) is 17.6 Å². The zero-order valence-electron chi connectivity index (χ0n) is 18.1. The number of pyridine rings is 1. The molecule has 0 radical (unpaired) electrons. The Morgan fingerprint density at radius 2 is 1.94 bits per heavy atom. The number of aromatic nitrogens is 4. The van der Waals surface area contributed by atoms with Crippen molar-refractivity contribution in [2.24, 2.45) is 0 Å². The number of anilines is 2. The second kappa shape index (κ2) is 7.80. The molecular formula is C23H22FN5O3S. The lowest BCUT2D eigenvalue weighted by atomic mass is 10.1. The summed E-state index contributed by atoms with van der Waals surface area (Å²) >= 11 is 0. The van der Waals surface area contributed by atoms with E-state index in [4.69, 9.17) is 0 Å². The highest BCUT2D eigenvalue weighted by Crippen LogP contribution is 2.35. The second-order valence-corrected chi connectivity index (χ2v) is 10.4. The predicted octanol–water partition coefficient (Wildman–Crippen LogP) is 3.88. The number of fused-ring (bicyclic) bond motifs is 1. The molecule has 1 fully saturated rings. The third kappa shape index (κ3) is 3.91. The quantitative estimate of drug-likeness (QED) is 0.462. The fraction of sp³-hybridized carbons (Fsp3) is 0.261. The highest BCUT2D eigenvalue weighted by molar-refractivity contribution is 7.91. The first-order valence-electron chi connectivity index (χ1n) is 10.6. The SMILES string of the molecule is CCS(=O)(=O)c1ccc(Nc2nc3ccc(-c4cnn(C5CC5)c4)cn3c(=O)c2C)c(F)c1. The topological polar surface area (TPSA) is 98.4 Å². The summed E-state index contributed by atoms with van der Waals surface area (Å²) in [5, 5.41) is 7.23. The van der Waals surface area contributed by atoms with Crippen LogP contribution in [0.2, 0.25) is 0 Å². The van der Waals surface area contributed by atoms with Gasteiger partial charge in [-0.3, -0.25) is 13.9 Å². The van der Waals surface area contributed by atoms with Crippen LogP contribution in [-0.4, -0.2) is 33.3 Å². The lowest BCUT2D eigenvalue weighted by Gasteiger charge is -2.12. The molecule has 33 heavy (non-hydrogen) atoms. The second-order valence-electron chi connectivity index (χ2n) is 8.15. The summed E-state index contributed by atoms with van der Waals surface area (Å²) in [6, 6.07) is 7.70. The average Bonchev–Trinajstić information content (AvgIpc) is 3.54. The van der Waals surface area contributed by atoms with E-state index in [-0.39, 0.29) is 27.7 Å². The molecule has 8 nitrogen and oxygen atoms in total. The molecule has 0 saturated heterocycles. The van der Waals surface area contributed by atoms with E-state index in [1.165, 1.54) is 23.5 Å². The molecule has 3 heterocycles. The first kappa shape index (κ1) is 21.3. The molecule has 4 aromatic rings. The van der Waals surface area contributed by atoms with Gasteiger partial charge < -0.3 is 5.32 Å². The van der Waals surface area contributed by atoms with E-state index >= 15 is 0 Å². The standard InChI is InChI=1S/C23H22FN5O3S/c1-3-33(31,32)18-7-8-20(19(24)10-18)26-22-14(2)23(30)28-12-15(4-9-21(28)27-22)16-11-25-29(13-16)17-5-6-17/h4,7-13,17,26H,3,5-6H2,1-2H3. The largest absolute Gasteiger partial charge is 0.337 e. The molecule has 0 unspecified atom stereocenters. The van der Waals surface area contributed by atoms with Crippen molar-refractivity contribution in [1.82, 2.24) is 19.2 Å². The van der Waals surface area contributed by atoms with Crippen LogP contribution in [0.4, 0.5) is 15.9 Å². The van der Waals surface area contributed by atoms with E-state index in [1.54, 1.807) is 25.4 Å². The van der Waals surface area contributed by atoms with Gasteiger partial charge in [-0.05, 0) is 50.1 Å². The number of halogens is 1. The highest BCUT2D eigenvalue weighted by Gasteiger charge is 2.24. The van der Waals surface area contributed by atoms with Gasteiger partial charge in [0.15, 0.2) is 9.84 Å². The number of nitrogens with zero attached hydrogens (tertiary/aromatic N) is 4. The lowest BCUT2D eigenvalue weighted by Crippen LogP contribution is -2.20. The average molecular weight is 468 g/mol. The minimum absolute atomic E-state index is 0.0357. The van der Waals surface area contributed by atoms with Gasteiger partial charge >= 0.3 is 0 Å². The molecule has 1 N–H and O–H groups in total. The van der Waals surface area contributed by atoms with Crippen LogP contribution >= 0.6 is 0 Å². The molecule has 0 atom stereocenters. The van der Waals surface area contributed by atoms with Gasteiger partial charge in [-0.2, -0.15) is 5.10 Å². The number of nitrogens with one attached hydrogen (secondary N) is 1. The van der Waals surface area contributed by atoms with Gasteiger partial charge in [-0.1, -0.05) is 6.92 Å². The zero-order chi connectivity index (χ0) is 23.3. The van der Waals surface area contributed by atoms with Gasteiger partial charge in [0.05, 0.1) is 34.1 Å². The number of rotatable bonds is 6. The fourth-order valence-electron chi connectivity index (χ4n) is 3.63. The van der Waals surface area contributed by atoms with E-state index in [0.29, 0.717) is 17.3 Å². The van der Waals surface area contributed by atoms with Gasteiger partial charge in [0.25, 0.3) is 5.56 Å². The fourth-order valence-corrected chi connectivity index (χ4v) is 4.52. The maximum absolute atomic E-state index is 14.6. The van der Waals surface area contributed by atoms with Crippen LogP contribution in [-0.2, 0) is 9.84 Å². The van der Waals surface area contributed by atoms with Crippen LogP contribution in [0.15, 0.2) is 58.6 Å². The van der Waals surface area contributed by atoms with E-state index < -0.39 is 15.7 Å². The zero-order valence-corrected chi connectivity index (χ0v) is 18.9. The van der Waals surface area contributed by atoms with Gasteiger partial charge in [0, 0.05) is 23.5 Å². The van der Waals surface area contributed by atoms with Crippen molar-refractivity contribution in [3.05, 3.63) is 70.7 Å². The van der Waals surface area contributed by atoms with Gasteiger partial charge in [-0.15, -0.1) is 0 Å². The van der Waals surface area contributed by atoms with Crippen molar-refractivity contribution in [2.45, 2.75) is 37.6 Å². The first-order chi connectivity index (χ1) is 15.8. The minimum atomic E-state index is -3.52. The Bertz CT molecular complexity index is 1550. The minimum Gasteiger partial charge on any atom is -0.337 e. The van der Waals surface area contributed by atoms with E-state index in [1.807, 2.05) is 16.9 Å². The summed E-state index contributed by atoms with van der Waals surface area (Å²) in [4.78, 5) is 17.4. The van der Waals surface area contributed by atoms with Crippen molar-refractivity contribution in [2.75, 3.05) is 11.1 Å². The van der Waals surface area contributed by atoms with E-state index in [0.717, 1.165) is 30.0 Å². The molecule has 0 aliphatic heterocycles. The Morgan fingerprint density at radius 1 is 1.15 bits per heavy atom. The third-order valence-corrected chi connectivity index (χ3v) is 7.57. The Kier molecular flexibility index (Phi) is 5.04. The van der Waals surface area contributed by atoms with Gasteiger partial charge in [-0.25, -0.2) is 17.8 Å². The molecule has 5 rings (SSSR count). The number of hydrogen-bond acceptors (Lipinski definition) is 6. The van der Waals surface area contributed by atoms with Crippen LogP contribution in [0, 0.1) is 12.7 Å². The number of hydrogen-bond donors (Lipinski definition) is 1. The van der Waals surface area contributed by atoms with Gasteiger partial charge in [0.1, 0.15) is 17.3 Å². The van der Waals surface area contributed by atoms with Crippen LogP contribution < -0.4 is 10.9 Å². The van der Waals surface area contributed by atoms with Crippen LogP contribution in [0.3, 0.4) is 0 Å². The summed E-state index contributed by atoms with van der Waals surface area (Å²) in [7, 11) is -3.52. The van der Waals surface area contributed by atoms with Crippen molar-refractivity contribution in [1.29, 1.82) is 0 Å². The lowest BCUT2D eigenvalue weighted by molar-refractivity contribution is 0.592. The smallest absolute Gasteiger partial charge is 0.262 e. The molecule has 1 aliphatic rings. The third-order valence-electron chi connectivity index (χ3n) is 5.84. The molecule has 170 valence electrons. The van der Waals surface area contributed by atoms with Crippen LogP contribution in [0.25, 0.3) is 16.8 Å². The molecule has 0 amide bonds. The van der Waals surface area contributed by atoms with Crippen molar-refractivity contribution in [3.8, 4) is 11.1 Å². The molecule has 1 aliphatic carbocycles. The Hall–Kier alpha value is -3.53. The molecule has 1 saturated carbocycles. The summed E-state index contributed by atoms with van der Waals surface area (Å²) in [6.45, 7) is 3.11. The molecule has 1 aromatic carbocycles. The Labute approximate surface area is 189 Å². The maximum Gasteiger partial charge on any atom is 0.262 e. The maximum atomic E-state index is 14.6. The first-order valence-corrected chi connectivity index (χ1v) is 12.3. The van der Waals surface area contributed by atoms with Crippen molar-refractivity contribution >= 4 is 27.0 Å². The summed E-state index contributed by atoms with van der Waals surface area (Å²) in [6.07, 6.45) is 7.75. The Balaban J connectivity index is 1.49. The molecule has 0 spiro atoms. The monoisotopic (exact) mass is 467 g/mol. The predicted molar refractivity (Wildman–Crippen MR) is 123 cm³/mol. The molecule has 10 heteroatoms. The summed E-state index contributed by atoms with van der Waals surface area (Å²) in [5.41, 5.74) is 2.22. The Morgan fingerprint density at radius 3 is 2.64 bits per heavy atom. The number of benzene rings is 1. The van der Waals surface area contributed by atoms with Crippen molar-refractivity contribution < 1.29 is 12.8 Å². The van der Waals surface area contributed by atoms with Crippen LogP contribution in [0.5, 0.6) is 0 Å². The van der Waals surface area contributed by atoms with E-state index in [2.05, 4.69) is 15.4 Å². The highest BCUT2D eigenvalue weighted by atomic mass is 32.2. The van der Waals surface area contributed by atoms with Crippen molar-refractivity contribution in [3.63, 3.8) is 0 Å². The molecule has 3 aromatic heterocycles. The molecular weight excluding hydrogens is 445 g/mol. The van der Waals surface area contributed by atoms with Gasteiger partial charge in [0.2, 0.25) is 0 Å². The number of sulfone groups is 1. The summed E-state index contributed by atoms with van der Waals surface area (Å²) < 4.78 is 42.0. The normalized spacial score (nSPS) is 14.0.